The fourth-order valence-corrected chi connectivity index (χ4v) is 0. The maximum atomic E-state index is 2.14. The van der Waals surface area contributed by atoms with Gasteiger partial charge in [0, 0.05) is 19.5 Å². The summed E-state index contributed by atoms with van der Waals surface area (Å²) < 4.78 is 2.14. The van der Waals surface area contributed by atoms with Crippen LogP contribution in [0.15, 0.2) is 0 Å². The Morgan fingerprint density at radius 2 is 1.25 bits per heavy atom. The fourth-order valence-electron chi connectivity index (χ4n) is 0. The summed E-state index contributed by atoms with van der Waals surface area (Å²) in [6.07, 6.45) is 0. The van der Waals surface area contributed by atoms with Gasteiger partial charge in [-0.15, -0.1) is 12.4 Å². The summed E-state index contributed by atoms with van der Waals surface area (Å²) in [5, 5.41) is 0. The quantitative estimate of drug-likeness (QED) is 0.432. The average molecular weight is 140 g/mol. The first-order valence-electron chi connectivity index (χ1n) is 1.00. The molecule has 0 aromatic rings. The van der Waals surface area contributed by atoms with E-state index in [9.17, 15) is 0 Å². The molecule has 0 radical (unpaired) electrons. The SMILES string of the molecule is Cl.[CH3][Na].[Zn]. The predicted octanol–water partition coefficient (Wildman–Crippen LogP) is 0.622. The van der Waals surface area contributed by atoms with Crippen LogP contribution in [-0.4, -0.2) is 27.9 Å². The van der Waals surface area contributed by atoms with Crippen LogP contribution in [0, 0.1) is 0 Å². The molecule has 0 aliphatic heterocycles. The van der Waals surface area contributed by atoms with Crippen LogP contribution in [0.4, 0.5) is 0 Å². The average Bonchev–Trinajstić information content (AvgIpc) is 1.00. The third-order valence-electron chi connectivity index (χ3n) is 0. The van der Waals surface area contributed by atoms with E-state index < -0.39 is 0 Å². The minimum atomic E-state index is 0. The molecule has 0 aliphatic rings. The van der Waals surface area contributed by atoms with Crippen molar-refractivity contribution in [3.63, 3.8) is 0 Å². The zero-order valence-corrected chi connectivity index (χ0v) is 8.90. The van der Waals surface area contributed by atoms with Crippen molar-refractivity contribution in [3.05, 3.63) is 0 Å². The predicted molar refractivity (Wildman–Crippen MR) is 18.9 cm³/mol. The van der Waals surface area contributed by atoms with Crippen LogP contribution in [-0.2, 0) is 19.5 Å². The van der Waals surface area contributed by atoms with E-state index in [1.165, 1.54) is 27.9 Å². The summed E-state index contributed by atoms with van der Waals surface area (Å²) in [5.41, 5.74) is 0. The third kappa shape index (κ3) is 9.07. The van der Waals surface area contributed by atoms with Gasteiger partial charge in [0.2, 0.25) is 0 Å². The number of hydrogen-bond donors (Lipinski definition) is 0. The smallest absolute Gasteiger partial charge is 0 e. The second kappa shape index (κ2) is 20.6. The topological polar surface area (TPSA) is 0 Å². The normalized spacial score (nSPS) is 1.75. The molecule has 0 atom stereocenters. The zero-order chi connectivity index (χ0) is 2.00. The molecular formula is CH4ClNaZn. The van der Waals surface area contributed by atoms with E-state index in [4.69, 9.17) is 0 Å². The zero-order valence-electron chi connectivity index (χ0n) is 3.12. The van der Waals surface area contributed by atoms with E-state index >= 15 is 0 Å². The Hall–Kier alpha value is 1.91. The van der Waals surface area contributed by atoms with Crippen LogP contribution in [0.5, 0.6) is 0 Å². The van der Waals surface area contributed by atoms with E-state index in [0.717, 1.165) is 0 Å². The standard InChI is InChI=1S/CH3.ClH.Na.Zn/h1H3;1H;;. The van der Waals surface area contributed by atoms with Crippen molar-refractivity contribution in [2.45, 2.75) is 4.17 Å². The summed E-state index contributed by atoms with van der Waals surface area (Å²) in [7, 11) is 0. The summed E-state index contributed by atoms with van der Waals surface area (Å²) >= 11 is 1.31. The van der Waals surface area contributed by atoms with Crippen LogP contribution in [0.1, 0.15) is 0 Å². The Kier molecular flexibility index (Phi) is 86.4. The molecule has 3 heteroatoms. The number of hydrogen-bond acceptors (Lipinski definition) is 0. The van der Waals surface area contributed by atoms with Gasteiger partial charge in [-0.3, -0.25) is 0 Å². The maximum Gasteiger partial charge on any atom is 0 e. The molecule has 0 unspecified atom stereocenters. The van der Waals surface area contributed by atoms with Gasteiger partial charge in [-0.05, 0) is 0 Å². The summed E-state index contributed by atoms with van der Waals surface area (Å²) in [6.45, 7) is 0. The first-order chi connectivity index (χ1) is 1.00. The van der Waals surface area contributed by atoms with Gasteiger partial charge in [-0.1, -0.05) is 0 Å². The van der Waals surface area contributed by atoms with Gasteiger partial charge >= 0.3 is 32.1 Å². The number of rotatable bonds is 0. The van der Waals surface area contributed by atoms with Gasteiger partial charge in [0.25, 0.3) is 0 Å². The van der Waals surface area contributed by atoms with Gasteiger partial charge < -0.3 is 0 Å². The van der Waals surface area contributed by atoms with Crippen LogP contribution >= 0.6 is 12.4 Å². The molecule has 0 saturated heterocycles. The van der Waals surface area contributed by atoms with Crippen molar-refractivity contribution >= 4 is 40.3 Å². The molecule has 18 valence electrons. The molecule has 0 saturated carbocycles. The van der Waals surface area contributed by atoms with Crippen LogP contribution in [0.3, 0.4) is 0 Å². The molecule has 0 heterocycles. The minimum absolute atomic E-state index is 0. The van der Waals surface area contributed by atoms with Crippen molar-refractivity contribution in [2.75, 3.05) is 0 Å². The van der Waals surface area contributed by atoms with Gasteiger partial charge in [-0.2, -0.15) is 0 Å². The van der Waals surface area contributed by atoms with Gasteiger partial charge in [0.05, 0.1) is 0 Å². The largest absolute Gasteiger partial charge is 0 e. The van der Waals surface area contributed by atoms with Crippen molar-refractivity contribution < 1.29 is 19.5 Å². The van der Waals surface area contributed by atoms with E-state index in [2.05, 4.69) is 4.17 Å². The maximum absolute atomic E-state index is 2.14. The van der Waals surface area contributed by atoms with Gasteiger partial charge in [0.15, 0.2) is 0 Å². The molecule has 0 rings (SSSR count). The van der Waals surface area contributed by atoms with Crippen molar-refractivity contribution in [3.8, 4) is 0 Å². The molecule has 0 N–H and O–H groups in total. The second-order valence-electron chi connectivity index (χ2n) is 0. The number of halogens is 1. The molecule has 4 heavy (non-hydrogen) atoms. The Morgan fingerprint density at radius 3 is 1.25 bits per heavy atom. The van der Waals surface area contributed by atoms with E-state index in [1.54, 1.807) is 0 Å². The van der Waals surface area contributed by atoms with Crippen molar-refractivity contribution in [1.82, 2.24) is 0 Å². The molecule has 0 aromatic carbocycles. The molecule has 0 fully saturated rings. The Morgan fingerprint density at radius 1 is 1.25 bits per heavy atom. The summed E-state index contributed by atoms with van der Waals surface area (Å²) in [6, 6.07) is 0. The first kappa shape index (κ1) is 16.8. The molecule has 0 spiro atoms. The van der Waals surface area contributed by atoms with Crippen molar-refractivity contribution in [1.29, 1.82) is 0 Å². The molecule has 0 aliphatic carbocycles. The Bertz CT molecular complexity index is 8.00. The van der Waals surface area contributed by atoms with Gasteiger partial charge in [-0.25, -0.2) is 0 Å². The second-order valence-corrected chi connectivity index (χ2v) is 0. The van der Waals surface area contributed by atoms with Crippen LogP contribution in [0.2, 0.25) is 4.17 Å². The molecule has 0 nitrogen and oxygen atoms in total. The van der Waals surface area contributed by atoms with E-state index in [1.807, 2.05) is 0 Å². The molecule has 0 amide bonds. The minimum Gasteiger partial charge on any atom is 0 e. The van der Waals surface area contributed by atoms with Crippen LogP contribution < -0.4 is 0 Å². The third-order valence-corrected chi connectivity index (χ3v) is 0. The molecular weight excluding hydrogens is 136 g/mol. The summed E-state index contributed by atoms with van der Waals surface area (Å²) in [5.74, 6) is 0. The van der Waals surface area contributed by atoms with Gasteiger partial charge in [0.1, 0.15) is 0 Å². The first-order valence-corrected chi connectivity index (χ1v) is 3.00. The van der Waals surface area contributed by atoms with Crippen LogP contribution in [0.25, 0.3) is 0 Å². The molecule has 0 aromatic heterocycles. The summed E-state index contributed by atoms with van der Waals surface area (Å²) in [4.78, 5) is 0. The monoisotopic (exact) mass is 138 g/mol. The van der Waals surface area contributed by atoms with E-state index in [-0.39, 0.29) is 31.9 Å². The molecule has 0 bridgehead atoms. The Labute approximate surface area is 63.3 Å². The van der Waals surface area contributed by atoms with Crippen molar-refractivity contribution in [2.24, 2.45) is 0 Å². The van der Waals surface area contributed by atoms with E-state index in [0.29, 0.717) is 0 Å². The Balaban J connectivity index is -0.00000000500. The fraction of sp³-hybridized carbons (Fsp3) is 1.00.